The van der Waals surface area contributed by atoms with E-state index < -0.39 is 6.04 Å². The van der Waals surface area contributed by atoms with Crippen LogP contribution in [0.2, 0.25) is 0 Å². The van der Waals surface area contributed by atoms with Gasteiger partial charge in [-0.15, -0.1) is 0 Å². The van der Waals surface area contributed by atoms with E-state index in [0.717, 1.165) is 30.8 Å². The molecule has 0 aromatic heterocycles. The van der Waals surface area contributed by atoms with Gasteiger partial charge in [0.2, 0.25) is 11.8 Å². The predicted octanol–water partition coefficient (Wildman–Crippen LogP) is 2.87. The number of hydrogen-bond acceptors (Lipinski definition) is 5. The van der Waals surface area contributed by atoms with Crippen LogP contribution in [0.15, 0.2) is 18.2 Å². The van der Waals surface area contributed by atoms with Crippen LogP contribution in [0.1, 0.15) is 74.7 Å². The van der Waals surface area contributed by atoms with E-state index in [2.05, 4.69) is 24.1 Å². The van der Waals surface area contributed by atoms with Crippen molar-refractivity contribution in [3.8, 4) is 5.75 Å². The van der Waals surface area contributed by atoms with Crippen molar-refractivity contribution in [3.05, 3.63) is 29.3 Å². The minimum absolute atomic E-state index is 0.143. The number of carbonyl (C=O) groups excluding carboxylic acids is 3. The third-order valence-corrected chi connectivity index (χ3v) is 7.60. The van der Waals surface area contributed by atoms with E-state index in [-0.39, 0.29) is 30.2 Å². The molecule has 0 radical (unpaired) electrons. The van der Waals surface area contributed by atoms with Crippen LogP contribution in [0.3, 0.4) is 0 Å². The van der Waals surface area contributed by atoms with E-state index in [0.29, 0.717) is 30.0 Å². The molecule has 32 heavy (non-hydrogen) atoms. The van der Waals surface area contributed by atoms with Gasteiger partial charge in [0.1, 0.15) is 17.9 Å². The first-order valence-electron chi connectivity index (χ1n) is 12.0. The Morgan fingerprint density at radius 3 is 2.72 bits per heavy atom. The van der Waals surface area contributed by atoms with E-state index >= 15 is 0 Å². The molecule has 7 nitrogen and oxygen atoms in total. The van der Waals surface area contributed by atoms with Gasteiger partial charge < -0.3 is 9.64 Å². The van der Waals surface area contributed by atoms with Crippen molar-refractivity contribution in [2.24, 2.45) is 5.41 Å². The molecule has 0 bridgehead atoms. The summed E-state index contributed by atoms with van der Waals surface area (Å²) in [6.45, 7) is 7.36. The van der Waals surface area contributed by atoms with Gasteiger partial charge in [-0.1, -0.05) is 13.8 Å². The molecule has 5 rings (SSSR count). The summed E-state index contributed by atoms with van der Waals surface area (Å²) >= 11 is 0. The quantitative estimate of drug-likeness (QED) is 0.730. The van der Waals surface area contributed by atoms with Crippen LogP contribution in [-0.4, -0.2) is 58.8 Å². The van der Waals surface area contributed by atoms with Gasteiger partial charge in [-0.2, -0.15) is 0 Å². The average molecular weight is 440 g/mol. The molecule has 3 atom stereocenters. The summed E-state index contributed by atoms with van der Waals surface area (Å²) < 4.78 is 6.49. The zero-order chi connectivity index (χ0) is 22.5. The van der Waals surface area contributed by atoms with Crippen LogP contribution >= 0.6 is 0 Å². The molecule has 1 unspecified atom stereocenters. The lowest BCUT2D eigenvalue weighted by Crippen LogP contribution is -2.52. The molecule has 4 aliphatic rings. The number of nitrogens with zero attached hydrogens (tertiary/aromatic N) is 2. The predicted molar refractivity (Wildman–Crippen MR) is 119 cm³/mol. The first kappa shape index (κ1) is 21.4. The fraction of sp³-hybridized carbons (Fsp3) is 0.640. The van der Waals surface area contributed by atoms with Gasteiger partial charge in [-0.05, 0) is 74.2 Å². The molecule has 1 aromatic rings. The summed E-state index contributed by atoms with van der Waals surface area (Å²) in [5.41, 5.74) is 1.88. The smallest absolute Gasteiger partial charge is 0.255 e. The molecule has 1 saturated carbocycles. The molecule has 7 heteroatoms. The number of hydrogen-bond donors (Lipinski definition) is 1. The fourth-order valence-corrected chi connectivity index (χ4v) is 6.01. The van der Waals surface area contributed by atoms with Crippen molar-refractivity contribution in [1.29, 1.82) is 0 Å². The van der Waals surface area contributed by atoms with E-state index in [9.17, 15) is 14.4 Å². The standard InChI is InChI=1S/C25H33N3O4/c1-25(2)11-4-12-27(15-25)19-5-3-6-21(19)32-17-7-8-18-16(13-17)14-28(24(18)31)20-9-10-22(29)26-23(20)30/h7-8,13,19-21H,3-6,9-12,14-15H2,1-2H3,(H,26,29,30)/t19-,20?,21+/m1/s1. The van der Waals surface area contributed by atoms with Crippen LogP contribution in [-0.2, 0) is 16.1 Å². The highest BCUT2D eigenvalue weighted by Gasteiger charge is 2.40. The lowest BCUT2D eigenvalue weighted by molar-refractivity contribution is -0.136. The van der Waals surface area contributed by atoms with Crippen molar-refractivity contribution < 1.29 is 19.1 Å². The molecule has 1 aromatic carbocycles. The van der Waals surface area contributed by atoms with Crippen LogP contribution in [0.5, 0.6) is 5.75 Å². The number of likely N-dealkylation sites (tertiary alicyclic amines) is 1. The van der Waals surface area contributed by atoms with E-state index in [1.165, 1.54) is 25.7 Å². The second-order valence-corrected chi connectivity index (χ2v) is 10.6. The maximum absolute atomic E-state index is 12.9. The monoisotopic (exact) mass is 439 g/mol. The average Bonchev–Trinajstić information content (AvgIpc) is 3.32. The molecule has 2 saturated heterocycles. The van der Waals surface area contributed by atoms with Crippen molar-refractivity contribution in [2.75, 3.05) is 13.1 Å². The lowest BCUT2D eigenvalue weighted by Gasteiger charge is -2.42. The maximum atomic E-state index is 12.9. The van der Waals surface area contributed by atoms with Gasteiger partial charge in [0.05, 0.1) is 0 Å². The Morgan fingerprint density at radius 2 is 1.94 bits per heavy atom. The molecular weight excluding hydrogens is 406 g/mol. The van der Waals surface area contributed by atoms with Gasteiger partial charge in [-0.25, -0.2) is 0 Å². The summed E-state index contributed by atoms with van der Waals surface area (Å²) in [7, 11) is 0. The first-order chi connectivity index (χ1) is 15.3. The summed E-state index contributed by atoms with van der Waals surface area (Å²) in [5, 5.41) is 2.35. The Hall–Kier alpha value is -2.41. The van der Waals surface area contributed by atoms with Crippen molar-refractivity contribution in [3.63, 3.8) is 0 Å². The van der Waals surface area contributed by atoms with Gasteiger partial charge in [0.25, 0.3) is 5.91 Å². The Kier molecular flexibility index (Phi) is 5.48. The molecule has 3 aliphatic heterocycles. The van der Waals surface area contributed by atoms with Gasteiger partial charge in [-0.3, -0.25) is 24.6 Å². The number of piperidine rings is 2. The number of ether oxygens (including phenoxy) is 1. The summed E-state index contributed by atoms with van der Waals surface area (Å²) in [6, 6.07) is 5.55. The maximum Gasteiger partial charge on any atom is 0.255 e. The number of rotatable bonds is 4. The topological polar surface area (TPSA) is 79.0 Å². The highest BCUT2D eigenvalue weighted by atomic mass is 16.5. The van der Waals surface area contributed by atoms with Crippen LogP contribution in [0.25, 0.3) is 0 Å². The van der Waals surface area contributed by atoms with Crippen molar-refractivity contribution in [2.45, 2.75) is 83.5 Å². The van der Waals surface area contributed by atoms with Crippen LogP contribution in [0.4, 0.5) is 0 Å². The number of imide groups is 1. The first-order valence-corrected chi connectivity index (χ1v) is 12.0. The molecule has 1 aliphatic carbocycles. The largest absolute Gasteiger partial charge is 0.489 e. The van der Waals surface area contributed by atoms with Gasteiger partial charge in [0.15, 0.2) is 0 Å². The molecule has 3 amide bonds. The molecular formula is C25H33N3O4. The Bertz CT molecular complexity index is 943. The molecule has 1 N–H and O–H groups in total. The number of amides is 3. The number of nitrogens with one attached hydrogen (secondary N) is 1. The van der Waals surface area contributed by atoms with E-state index in [1.54, 1.807) is 4.90 Å². The van der Waals surface area contributed by atoms with E-state index in [1.807, 2.05) is 18.2 Å². The number of benzene rings is 1. The molecule has 3 fully saturated rings. The van der Waals surface area contributed by atoms with E-state index in [4.69, 9.17) is 4.74 Å². The third-order valence-electron chi connectivity index (χ3n) is 7.60. The minimum Gasteiger partial charge on any atom is -0.489 e. The Labute approximate surface area is 189 Å². The molecule has 0 spiro atoms. The molecule has 172 valence electrons. The minimum atomic E-state index is -0.585. The zero-order valence-corrected chi connectivity index (χ0v) is 19.1. The normalized spacial score (nSPS) is 30.4. The third kappa shape index (κ3) is 4.03. The highest BCUT2D eigenvalue weighted by Crippen LogP contribution is 2.36. The number of fused-ring (bicyclic) bond motifs is 1. The Balaban J connectivity index is 1.28. The molecule has 3 heterocycles. The van der Waals surface area contributed by atoms with Crippen molar-refractivity contribution >= 4 is 17.7 Å². The van der Waals surface area contributed by atoms with Crippen molar-refractivity contribution in [1.82, 2.24) is 15.1 Å². The summed E-state index contributed by atoms with van der Waals surface area (Å²) in [6.07, 6.45) is 6.75. The zero-order valence-electron chi connectivity index (χ0n) is 19.1. The van der Waals surface area contributed by atoms with Crippen LogP contribution < -0.4 is 10.1 Å². The van der Waals surface area contributed by atoms with Gasteiger partial charge >= 0.3 is 0 Å². The SMILES string of the molecule is CC1(C)CCCN([C@@H]2CCC[C@@H]2Oc2ccc3c(c2)CN(C2CCC(=O)NC2=O)C3=O)C1. The number of carbonyl (C=O) groups is 3. The lowest BCUT2D eigenvalue weighted by atomic mass is 9.83. The highest BCUT2D eigenvalue weighted by molar-refractivity contribution is 6.05. The Morgan fingerprint density at radius 1 is 1.09 bits per heavy atom. The van der Waals surface area contributed by atoms with Gasteiger partial charge in [0, 0.05) is 31.1 Å². The summed E-state index contributed by atoms with van der Waals surface area (Å²) in [4.78, 5) is 40.9. The van der Waals surface area contributed by atoms with Crippen LogP contribution in [0, 0.1) is 5.41 Å². The second kappa shape index (κ2) is 8.18. The second-order valence-electron chi connectivity index (χ2n) is 10.6. The summed E-state index contributed by atoms with van der Waals surface area (Å²) in [5.74, 6) is 0.0108. The fourth-order valence-electron chi connectivity index (χ4n) is 6.01.